The van der Waals surface area contributed by atoms with Gasteiger partial charge < -0.3 is 0 Å². The van der Waals surface area contributed by atoms with Crippen LogP contribution in [0, 0.1) is 0 Å². The van der Waals surface area contributed by atoms with Crippen molar-refractivity contribution in [3.8, 4) is 0 Å². The number of allylic oxidation sites excluding steroid dienone is 1. The van der Waals surface area contributed by atoms with Crippen molar-refractivity contribution >= 4 is 21.8 Å². The Hall–Kier alpha value is 0.623. The summed E-state index contributed by atoms with van der Waals surface area (Å²) in [7, 11) is 0. The second-order valence-corrected chi connectivity index (χ2v) is 17.5. The summed E-state index contributed by atoms with van der Waals surface area (Å²) in [6.07, 6.45) is 0. The third kappa shape index (κ3) is 3.14. The van der Waals surface area contributed by atoms with E-state index in [1.165, 1.54) is 3.28 Å². The van der Waals surface area contributed by atoms with Gasteiger partial charge in [0.05, 0.1) is 0 Å². The zero-order chi connectivity index (χ0) is 8.31. The van der Waals surface area contributed by atoms with Crippen LogP contribution in [0.5, 0.6) is 0 Å². The first-order valence-electron chi connectivity index (χ1n) is 3.90. The van der Waals surface area contributed by atoms with Crippen molar-refractivity contribution in [1.82, 2.24) is 0 Å². The van der Waals surface area contributed by atoms with Gasteiger partial charge in [0.2, 0.25) is 0 Å². The number of hydrogen-bond acceptors (Lipinski definition) is 0. The maximum atomic E-state index is 4.09. The average molecular weight is 336 g/mol. The van der Waals surface area contributed by atoms with Crippen molar-refractivity contribution < 1.29 is 0 Å². The normalized spacial score (nSPS) is 11.6. The first-order chi connectivity index (χ1) is 4.46. The van der Waals surface area contributed by atoms with Crippen LogP contribution >= 0.6 is 0 Å². The molecule has 0 amide bonds. The van der Waals surface area contributed by atoms with Gasteiger partial charge in [0.15, 0.2) is 0 Å². The Bertz CT molecular complexity index is 106. The summed E-state index contributed by atoms with van der Waals surface area (Å²) in [4.78, 5) is 0. The zero-order valence-electron chi connectivity index (χ0n) is 7.81. The Morgan fingerprint density at radius 2 is 1.40 bits per heavy atom. The Morgan fingerprint density at radius 1 is 1.10 bits per heavy atom. The fourth-order valence-electron chi connectivity index (χ4n) is 1.48. The molecule has 0 bridgehead atoms. The minimum absolute atomic E-state index is 0.937. The van der Waals surface area contributed by atoms with Crippen LogP contribution in [0.2, 0.25) is 7.25 Å². The van der Waals surface area contributed by atoms with E-state index in [0.29, 0.717) is 0 Å². The molecule has 0 spiro atoms. The molecule has 0 saturated heterocycles. The van der Waals surface area contributed by atoms with Crippen molar-refractivity contribution in [2.45, 2.75) is 41.9 Å². The Kier molecular flexibility index (Phi) is 4.77. The van der Waals surface area contributed by atoms with Gasteiger partial charge in [-0.15, -0.1) is 0 Å². The summed E-state index contributed by atoms with van der Waals surface area (Å²) in [5.74, 6) is 0. The van der Waals surface area contributed by atoms with E-state index in [0.717, 1.165) is 7.25 Å². The summed E-state index contributed by atoms with van der Waals surface area (Å²) in [5.41, 5.74) is 0. The van der Waals surface area contributed by atoms with E-state index in [1.807, 2.05) is 0 Å². The van der Waals surface area contributed by atoms with Crippen molar-refractivity contribution in [2.75, 3.05) is 0 Å². The van der Waals surface area contributed by atoms with E-state index >= 15 is 0 Å². The number of rotatable bonds is 3. The topological polar surface area (TPSA) is 0 Å². The molecule has 0 aromatic heterocycles. The second kappa shape index (κ2) is 4.49. The summed E-state index contributed by atoms with van der Waals surface area (Å²) >= 11 is -1.27. The van der Waals surface area contributed by atoms with Gasteiger partial charge in [0.25, 0.3) is 0 Å². The van der Waals surface area contributed by atoms with Crippen molar-refractivity contribution in [1.29, 1.82) is 0 Å². The van der Waals surface area contributed by atoms with Crippen LogP contribution in [0.15, 0.2) is 9.86 Å². The molecule has 0 aromatic rings. The van der Waals surface area contributed by atoms with Crippen LogP contribution in [0.4, 0.5) is 0 Å². The molecule has 1 heteroatoms. The molecule has 0 fully saturated rings. The van der Waals surface area contributed by atoms with Gasteiger partial charge in [-0.25, -0.2) is 0 Å². The van der Waals surface area contributed by atoms with Gasteiger partial charge in [0.1, 0.15) is 0 Å². The predicted molar refractivity (Wildman–Crippen MR) is 50.8 cm³/mol. The SMILES string of the molecule is C=[C](C)[Bi]([CH](C)C)[CH](C)C. The van der Waals surface area contributed by atoms with Crippen LogP contribution in [-0.2, 0) is 0 Å². The van der Waals surface area contributed by atoms with Crippen LogP contribution in [0.25, 0.3) is 0 Å². The Balaban J connectivity index is 4.12. The molecule has 0 atom stereocenters. The summed E-state index contributed by atoms with van der Waals surface area (Å²) in [5, 5.41) is 0. The summed E-state index contributed by atoms with van der Waals surface area (Å²) < 4.78 is 3.40. The van der Waals surface area contributed by atoms with E-state index in [1.54, 1.807) is 0 Å². The zero-order valence-corrected chi connectivity index (χ0v) is 11.3. The van der Waals surface area contributed by atoms with E-state index in [-0.39, 0.29) is 0 Å². The molecule has 0 unspecified atom stereocenters. The van der Waals surface area contributed by atoms with E-state index in [4.69, 9.17) is 0 Å². The van der Waals surface area contributed by atoms with Gasteiger partial charge in [-0.05, 0) is 0 Å². The van der Waals surface area contributed by atoms with E-state index < -0.39 is 21.8 Å². The molecular weight excluding hydrogens is 317 g/mol. The molecule has 0 radical (unpaired) electrons. The molecule has 10 heavy (non-hydrogen) atoms. The Labute approximate surface area is 73.4 Å². The average Bonchev–Trinajstić information content (AvgIpc) is 1.59. The van der Waals surface area contributed by atoms with Gasteiger partial charge >= 0.3 is 73.5 Å². The molecule has 0 aliphatic heterocycles. The minimum atomic E-state index is -1.27. The van der Waals surface area contributed by atoms with Crippen molar-refractivity contribution in [3.05, 3.63) is 9.86 Å². The molecule has 0 N–H and O–H groups in total. The van der Waals surface area contributed by atoms with Crippen molar-refractivity contribution in [2.24, 2.45) is 0 Å². The summed E-state index contributed by atoms with van der Waals surface area (Å²) in [6, 6.07) is 0. The van der Waals surface area contributed by atoms with Gasteiger partial charge in [-0.1, -0.05) is 0 Å². The standard InChI is InChI=1S/2C3H7.C3H5.Bi/c3*1-3-2;/h2*3H,1-2H3;1H2,2H3;. The maximum absolute atomic E-state index is 4.09. The molecule has 0 nitrogen and oxygen atoms in total. The molecule has 0 rings (SSSR count). The molecule has 60 valence electrons. The summed E-state index contributed by atoms with van der Waals surface area (Å²) in [6.45, 7) is 15.7. The monoisotopic (exact) mass is 336 g/mol. The third-order valence-electron chi connectivity index (χ3n) is 1.55. The molecule has 0 heterocycles. The third-order valence-corrected chi connectivity index (χ3v) is 13.6. The van der Waals surface area contributed by atoms with Crippen LogP contribution in [-0.4, -0.2) is 21.8 Å². The van der Waals surface area contributed by atoms with E-state index in [9.17, 15) is 0 Å². The molecule has 0 aromatic carbocycles. The molecule has 0 aliphatic rings. The molecule has 0 aliphatic carbocycles. The second-order valence-electron chi connectivity index (χ2n) is 3.33. The van der Waals surface area contributed by atoms with E-state index in [2.05, 4.69) is 41.2 Å². The van der Waals surface area contributed by atoms with Crippen molar-refractivity contribution in [3.63, 3.8) is 0 Å². The quantitative estimate of drug-likeness (QED) is 0.693. The molecule has 0 saturated carbocycles. The first kappa shape index (κ1) is 10.6. The van der Waals surface area contributed by atoms with Crippen LogP contribution < -0.4 is 0 Å². The predicted octanol–water partition coefficient (Wildman–Crippen LogP) is 3.42. The van der Waals surface area contributed by atoms with Gasteiger partial charge in [-0.3, -0.25) is 0 Å². The van der Waals surface area contributed by atoms with Gasteiger partial charge in [0, 0.05) is 0 Å². The van der Waals surface area contributed by atoms with Gasteiger partial charge in [-0.2, -0.15) is 0 Å². The first-order valence-corrected chi connectivity index (χ1v) is 9.66. The fraction of sp³-hybridized carbons (Fsp3) is 0.778. The fourth-order valence-corrected chi connectivity index (χ4v) is 13.0. The van der Waals surface area contributed by atoms with Crippen LogP contribution in [0.1, 0.15) is 34.6 Å². The molecular formula is C9H19Bi. The van der Waals surface area contributed by atoms with Crippen LogP contribution in [0.3, 0.4) is 0 Å². The Morgan fingerprint density at radius 3 is 1.40 bits per heavy atom. The number of hydrogen-bond donors (Lipinski definition) is 0.